The largest absolute Gasteiger partial charge is 0.494 e. The summed E-state index contributed by atoms with van der Waals surface area (Å²) in [4.78, 5) is 66.7. The van der Waals surface area contributed by atoms with E-state index in [-0.39, 0.29) is 58.9 Å². The van der Waals surface area contributed by atoms with Crippen molar-refractivity contribution in [3.63, 3.8) is 0 Å². The van der Waals surface area contributed by atoms with E-state index in [9.17, 15) is 29.2 Å². The number of piperidine rings is 1. The summed E-state index contributed by atoms with van der Waals surface area (Å²) in [5.41, 5.74) is 0.580. The van der Waals surface area contributed by atoms with E-state index in [2.05, 4.69) is 54.4 Å². The van der Waals surface area contributed by atoms with Crippen LogP contribution in [0.15, 0.2) is 48.8 Å². The third kappa shape index (κ3) is 7.37. The van der Waals surface area contributed by atoms with Crippen LogP contribution in [0.4, 0.5) is 0 Å². The molecule has 3 fully saturated rings. The highest BCUT2D eigenvalue weighted by molar-refractivity contribution is 6.31. The molecule has 56 heavy (non-hydrogen) atoms. The second kappa shape index (κ2) is 15.3. The zero-order valence-corrected chi connectivity index (χ0v) is 32.7. The third-order valence-electron chi connectivity index (χ3n) is 11.7. The van der Waals surface area contributed by atoms with Gasteiger partial charge in [0.1, 0.15) is 29.7 Å². The zero-order chi connectivity index (χ0) is 39.9. The van der Waals surface area contributed by atoms with Crippen molar-refractivity contribution < 1.29 is 33.4 Å². The number of fused-ring (bicyclic) bond motifs is 1. The number of carbonyl (C=O) groups is 5. The summed E-state index contributed by atoms with van der Waals surface area (Å²) in [5, 5.41) is 19.5. The number of nitrogens with one attached hydrogen (secondary N) is 2. The van der Waals surface area contributed by atoms with Crippen molar-refractivity contribution >= 4 is 41.1 Å². The van der Waals surface area contributed by atoms with E-state index < -0.39 is 29.7 Å². The number of nitriles is 1. The van der Waals surface area contributed by atoms with Gasteiger partial charge in [0.05, 0.1) is 46.1 Å². The van der Waals surface area contributed by atoms with Crippen LogP contribution in [0.2, 0.25) is 5.02 Å². The Kier molecular flexibility index (Phi) is 10.7. The lowest BCUT2D eigenvalue weighted by atomic mass is 9.49. The van der Waals surface area contributed by atoms with E-state index in [0.717, 1.165) is 50.2 Å². The van der Waals surface area contributed by atoms with Crippen LogP contribution < -0.4 is 20.1 Å². The SMILES string of the molecule is CC1(C)C(NC(=O)c2cnn(C3CCN(CCCCCOc4ccc5c(c4)C(=O)N(C4CCC(=O)NC4=O)C5=O)C3)c2)C(C)(C)C1Oc1ccc(C#N)c(Cl)c1. The van der Waals surface area contributed by atoms with Crippen molar-refractivity contribution in [1.82, 2.24) is 30.2 Å². The molecule has 4 heterocycles. The number of halogens is 1. The van der Waals surface area contributed by atoms with Gasteiger partial charge in [-0.3, -0.25) is 38.9 Å². The number of carbonyl (C=O) groups excluding carboxylic acids is 5. The Morgan fingerprint density at radius 1 is 1.00 bits per heavy atom. The summed E-state index contributed by atoms with van der Waals surface area (Å²) in [6.45, 7) is 11.5. The highest BCUT2D eigenvalue weighted by Crippen LogP contribution is 2.55. The molecule has 0 bridgehead atoms. The number of hydrogen-bond acceptors (Lipinski definition) is 10. The number of hydrogen-bond donors (Lipinski definition) is 2. The Labute approximate surface area is 330 Å². The van der Waals surface area contributed by atoms with E-state index in [1.54, 1.807) is 42.6 Å². The van der Waals surface area contributed by atoms with Crippen molar-refractivity contribution in [2.45, 2.75) is 90.4 Å². The summed E-state index contributed by atoms with van der Waals surface area (Å²) in [7, 11) is 0. The van der Waals surface area contributed by atoms with Gasteiger partial charge in [-0.2, -0.15) is 10.4 Å². The molecule has 4 aliphatic rings. The topological polar surface area (TPSA) is 176 Å². The minimum atomic E-state index is -1.00. The first-order chi connectivity index (χ1) is 26.7. The molecule has 2 aromatic carbocycles. The molecule has 1 aliphatic carbocycles. The minimum absolute atomic E-state index is 0.0696. The number of imide groups is 2. The highest BCUT2D eigenvalue weighted by atomic mass is 35.5. The lowest BCUT2D eigenvalue weighted by Crippen LogP contribution is -2.74. The Hall–Kier alpha value is -5.26. The predicted octanol–water partition coefficient (Wildman–Crippen LogP) is 4.92. The van der Waals surface area contributed by atoms with E-state index in [0.29, 0.717) is 34.3 Å². The lowest BCUT2D eigenvalue weighted by molar-refractivity contribution is -0.164. The van der Waals surface area contributed by atoms with Gasteiger partial charge in [-0.1, -0.05) is 39.3 Å². The second-order valence-corrected chi connectivity index (χ2v) is 16.7. The summed E-state index contributed by atoms with van der Waals surface area (Å²) in [5.74, 6) is -1.26. The summed E-state index contributed by atoms with van der Waals surface area (Å²) >= 11 is 6.24. The molecule has 2 atom stereocenters. The normalized spacial score (nSPS) is 24.0. The van der Waals surface area contributed by atoms with E-state index >= 15 is 0 Å². The van der Waals surface area contributed by atoms with Crippen LogP contribution in [0, 0.1) is 22.2 Å². The maximum atomic E-state index is 13.5. The van der Waals surface area contributed by atoms with Gasteiger partial charge < -0.3 is 19.7 Å². The summed E-state index contributed by atoms with van der Waals surface area (Å²) < 4.78 is 14.2. The van der Waals surface area contributed by atoms with E-state index in [4.69, 9.17) is 21.1 Å². The van der Waals surface area contributed by atoms with Gasteiger partial charge in [-0.05, 0) is 69.0 Å². The number of aromatic nitrogens is 2. The Balaban J connectivity index is 0.828. The molecule has 0 radical (unpaired) electrons. The molecule has 0 spiro atoms. The Bertz CT molecular complexity index is 2110. The van der Waals surface area contributed by atoms with Gasteiger partial charge in [0.15, 0.2) is 0 Å². The van der Waals surface area contributed by atoms with Crippen molar-refractivity contribution in [3.05, 3.63) is 76.1 Å². The number of unbranched alkanes of at least 4 members (excludes halogenated alkanes) is 2. The van der Waals surface area contributed by atoms with E-state index in [1.807, 2.05) is 10.9 Å². The maximum absolute atomic E-state index is 13.5. The van der Waals surface area contributed by atoms with Crippen LogP contribution in [0.25, 0.3) is 0 Å². The molecule has 2 N–H and O–H groups in total. The summed E-state index contributed by atoms with van der Waals surface area (Å²) in [6.07, 6.45) is 7.12. The molecular formula is C41H46ClN7O7. The highest BCUT2D eigenvalue weighted by Gasteiger charge is 2.64. The number of ether oxygens (including phenoxy) is 2. The van der Waals surface area contributed by atoms with Gasteiger partial charge >= 0.3 is 0 Å². The fourth-order valence-corrected chi connectivity index (χ4v) is 9.25. The van der Waals surface area contributed by atoms with Crippen LogP contribution in [0.5, 0.6) is 11.5 Å². The first kappa shape index (κ1) is 39.0. The molecule has 294 valence electrons. The Morgan fingerprint density at radius 3 is 2.48 bits per heavy atom. The van der Waals surface area contributed by atoms with Crippen molar-refractivity contribution in [2.24, 2.45) is 10.8 Å². The molecule has 14 nitrogen and oxygen atoms in total. The second-order valence-electron chi connectivity index (χ2n) is 16.3. The standard InChI is InChI=1S/C41H46ClN7O7/c1-40(2)38(41(3,4)39(40)56-28-9-8-24(20-43)31(42)19-28)46-34(51)25-21-44-48(22-25)26-14-16-47(23-26)15-6-5-7-17-55-27-10-11-29-30(18-27)37(54)49(36(29)53)32-12-13-33(50)45-35(32)52/h8-11,18-19,21-22,26,32,38-39H,5-7,12-17,23H2,1-4H3,(H,46,51)(H,45,50,52). The quantitative estimate of drug-likeness (QED) is 0.179. The molecule has 15 heteroatoms. The molecule has 1 aromatic heterocycles. The van der Waals surface area contributed by atoms with Gasteiger partial charge in [-0.25, -0.2) is 0 Å². The minimum Gasteiger partial charge on any atom is -0.494 e. The van der Waals surface area contributed by atoms with Gasteiger partial charge in [0.25, 0.3) is 17.7 Å². The molecule has 5 amide bonds. The molecule has 3 aliphatic heterocycles. The van der Waals surface area contributed by atoms with Crippen molar-refractivity contribution in [1.29, 1.82) is 5.26 Å². The number of likely N-dealkylation sites (tertiary alicyclic amines) is 1. The van der Waals surface area contributed by atoms with Gasteiger partial charge in [0.2, 0.25) is 11.8 Å². The molecule has 2 unspecified atom stereocenters. The first-order valence-corrected chi connectivity index (χ1v) is 19.5. The van der Waals surface area contributed by atoms with Crippen LogP contribution in [-0.2, 0) is 9.59 Å². The maximum Gasteiger partial charge on any atom is 0.262 e. The number of amides is 5. The van der Waals surface area contributed by atoms with Gasteiger partial charge in [0, 0.05) is 48.6 Å². The lowest BCUT2D eigenvalue weighted by Gasteiger charge is -2.63. The van der Waals surface area contributed by atoms with Crippen LogP contribution in [-0.4, -0.2) is 93.5 Å². The van der Waals surface area contributed by atoms with Crippen LogP contribution in [0.1, 0.15) is 109 Å². The predicted molar refractivity (Wildman–Crippen MR) is 204 cm³/mol. The Morgan fingerprint density at radius 2 is 1.75 bits per heavy atom. The zero-order valence-electron chi connectivity index (χ0n) is 32.0. The first-order valence-electron chi connectivity index (χ1n) is 19.1. The fourth-order valence-electron chi connectivity index (χ4n) is 9.04. The monoisotopic (exact) mass is 783 g/mol. The molecule has 7 rings (SSSR count). The molecule has 1 saturated carbocycles. The average molecular weight is 784 g/mol. The smallest absolute Gasteiger partial charge is 0.262 e. The average Bonchev–Trinajstić information content (AvgIpc) is 3.90. The van der Waals surface area contributed by atoms with Gasteiger partial charge in [-0.15, -0.1) is 0 Å². The fraction of sp³-hybridized carbons (Fsp3) is 0.488. The molecular weight excluding hydrogens is 738 g/mol. The van der Waals surface area contributed by atoms with Crippen LogP contribution >= 0.6 is 11.6 Å². The van der Waals surface area contributed by atoms with Crippen molar-refractivity contribution in [2.75, 3.05) is 26.2 Å². The summed E-state index contributed by atoms with van der Waals surface area (Å²) in [6, 6.07) is 10.9. The number of nitrogens with zero attached hydrogens (tertiary/aromatic N) is 5. The van der Waals surface area contributed by atoms with Crippen LogP contribution in [0.3, 0.4) is 0 Å². The number of rotatable bonds is 13. The van der Waals surface area contributed by atoms with Crippen molar-refractivity contribution in [3.8, 4) is 17.6 Å². The third-order valence-corrected chi connectivity index (χ3v) is 12.0. The van der Waals surface area contributed by atoms with E-state index in [1.165, 1.54) is 0 Å². The molecule has 3 aromatic rings. The molecule has 2 saturated heterocycles. The number of benzene rings is 2.